The Hall–Kier alpha value is -1.83. The van der Waals surface area contributed by atoms with E-state index in [2.05, 4.69) is 18.1 Å². The Morgan fingerprint density at radius 3 is 2.87 bits per heavy atom. The molecule has 2 heterocycles. The van der Waals surface area contributed by atoms with E-state index >= 15 is 0 Å². The van der Waals surface area contributed by atoms with Gasteiger partial charge in [0.15, 0.2) is 0 Å². The molecule has 0 bridgehead atoms. The third-order valence-electron chi connectivity index (χ3n) is 2.47. The van der Waals surface area contributed by atoms with E-state index in [1.807, 2.05) is 18.2 Å². The van der Waals surface area contributed by atoms with Crippen molar-refractivity contribution in [3.63, 3.8) is 0 Å². The highest BCUT2D eigenvalue weighted by atomic mass is 16.5. The standard InChI is InChI=1S/C13H13NO/c1-3-10-7-8-11-6-5-9-14-13(11)15-12(10)4-2/h3-6,9H,1-2,7-8H2. The van der Waals surface area contributed by atoms with Gasteiger partial charge in [-0.2, -0.15) is 0 Å². The van der Waals surface area contributed by atoms with E-state index in [-0.39, 0.29) is 0 Å². The minimum atomic E-state index is 0.684. The van der Waals surface area contributed by atoms with Crippen LogP contribution in [0, 0.1) is 0 Å². The van der Waals surface area contributed by atoms with Crippen LogP contribution in [0.4, 0.5) is 0 Å². The SMILES string of the molecule is C=CC1=C(C=C)Oc2ncccc2CC1. The van der Waals surface area contributed by atoms with Crippen LogP contribution in [0.25, 0.3) is 0 Å². The number of hydrogen-bond donors (Lipinski definition) is 0. The number of pyridine rings is 1. The van der Waals surface area contributed by atoms with Gasteiger partial charge in [0.2, 0.25) is 5.88 Å². The number of hydrogen-bond acceptors (Lipinski definition) is 2. The van der Waals surface area contributed by atoms with Crippen LogP contribution in [-0.2, 0) is 6.42 Å². The molecule has 0 saturated heterocycles. The van der Waals surface area contributed by atoms with E-state index in [0.717, 1.165) is 29.7 Å². The van der Waals surface area contributed by atoms with Gasteiger partial charge in [-0.1, -0.05) is 25.3 Å². The van der Waals surface area contributed by atoms with Gasteiger partial charge in [0.1, 0.15) is 5.76 Å². The molecule has 0 N–H and O–H groups in total. The molecule has 2 rings (SSSR count). The van der Waals surface area contributed by atoms with Gasteiger partial charge in [0.25, 0.3) is 0 Å². The van der Waals surface area contributed by atoms with Crippen molar-refractivity contribution in [2.75, 3.05) is 0 Å². The van der Waals surface area contributed by atoms with Crippen LogP contribution in [0.15, 0.2) is 55.0 Å². The first-order chi connectivity index (χ1) is 7.35. The molecule has 0 unspecified atom stereocenters. The van der Waals surface area contributed by atoms with E-state index in [9.17, 15) is 0 Å². The smallest absolute Gasteiger partial charge is 0.222 e. The molecule has 0 spiro atoms. The monoisotopic (exact) mass is 199 g/mol. The van der Waals surface area contributed by atoms with Gasteiger partial charge in [-0.05, 0) is 30.6 Å². The molecule has 2 heteroatoms. The second kappa shape index (κ2) is 4.13. The quantitative estimate of drug-likeness (QED) is 0.730. The summed E-state index contributed by atoms with van der Waals surface area (Å²) in [6.45, 7) is 7.52. The molecule has 76 valence electrons. The maximum absolute atomic E-state index is 5.69. The lowest BCUT2D eigenvalue weighted by atomic mass is 10.1. The maximum Gasteiger partial charge on any atom is 0.222 e. The molecule has 0 amide bonds. The van der Waals surface area contributed by atoms with Crippen molar-refractivity contribution in [2.45, 2.75) is 12.8 Å². The number of ether oxygens (including phenoxy) is 1. The highest BCUT2D eigenvalue weighted by Gasteiger charge is 2.14. The summed E-state index contributed by atoms with van der Waals surface area (Å²) >= 11 is 0. The molecule has 0 fully saturated rings. The van der Waals surface area contributed by atoms with Crippen LogP contribution < -0.4 is 4.74 Å². The van der Waals surface area contributed by atoms with Crippen molar-refractivity contribution in [3.8, 4) is 5.88 Å². The van der Waals surface area contributed by atoms with E-state index in [4.69, 9.17) is 4.74 Å². The second-order valence-electron chi connectivity index (χ2n) is 3.37. The lowest BCUT2D eigenvalue weighted by Gasteiger charge is -2.06. The Labute approximate surface area is 89.6 Å². The van der Waals surface area contributed by atoms with Gasteiger partial charge in [0, 0.05) is 11.8 Å². The third kappa shape index (κ3) is 1.84. The molecule has 1 aromatic heterocycles. The highest BCUT2D eigenvalue weighted by Crippen LogP contribution is 2.27. The van der Waals surface area contributed by atoms with Gasteiger partial charge in [-0.25, -0.2) is 4.98 Å². The zero-order valence-corrected chi connectivity index (χ0v) is 8.57. The van der Waals surface area contributed by atoms with Crippen LogP contribution in [0.1, 0.15) is 12.0 Å². The molecular formula is C13H13NO. The van der Waals surface area contributed by atoms with Crippen LogP contribution >= 0.6 is 0 Å². The first-order valence-corrected chi connectivity index (χ1v) is 4.95. The van der Waals surface area contributed by atoms with Gasteiger partial charge >= 0.3 is 0 Å². The minimum Gasteiger partial charge on any atom is -0.438 e. The van der Waals surface area contributed by atoms with E-state index in [1.165, 1.54) is 0 Å². The van der Waals surface area contributed by atoms with Crippen LogP contribution in [0.5, 0.6) is 5.88 Å². The molecule has 1 aliphatic rings. The predicted molar refractivity (Wildman–Crippen MR) is 60.6 cm³/mol. The number of fused-ring (bicyclic) bond motifs is 1. The topological polar surface area (TPSA) is 22.1 Å². The molecular weight excluding hydrogens is 186 g/mol. The molecule has 0 atom stereocenters. The summed E-state index contributed by atoms with van der Waals surface area (Å²) in [7, 11) is 0. The molecule has 0 aliphatic carbocycles. The summed E-state index contributed by atoms with van der Waals surface area (Å²) in [6, 6.07) is 3.96. The molecule has 15 heavy (non-hydrogen) atoms. The van der Waals surface area contributed by atoms with Crippen LogP contribution in [0.3, 0.4) is 0 Å². The molecule has 0 saturated carbocycles. The molecule has 1 aromatic rings. The second-order valence-corrected chi connectivity index (χ2v) is 3.37. The fourth-order valence-corrected chi connectivity index (χ4v) is 1.64. The van der Waals surface area contributed by atoms with Crippen molar-refractivity contribution < 1.29 is 4.74 Å². The Bertz CT molecular complexity index is 432. The summed E-state index contributed by atoms with van der Waals surface area (Å²) in [5, 5.41) is 0. The summed E-state index contributed by atoms with van der Waals surface area (Å²) in [6.07, 6.45) is 7.12. The number of allylic oxidation sites excluding steroid dienone is 3. The zero-order chi connectivity index (χ0) is 10.7. The first-order valence-electron chi connectivity index (χ1n) is 4.95. The Morgan fingerprint density at radius 1 is 1.27 bits per heavy atom. The fraction of sp³-hybridized carbons (Fsp3) is 0.154. The predicted octanol–water partition coefficient (Wildman–Crippen LogP) is 3.03. The average molecular weight is 199 g/mol. The van der Waals surface area contributed by atoms with Crippen LogP contribution in [-0.4, -0.2) is 4.98 Å². The Kier molecular flexibility index (Phi) is 2.68. The number of aromatic nitrogens is 1. The number of nitrogens with zero attached hydrogens (tertiary/aromatic N) is 1. The normalized spacial score (nSPS) is 14.9. The fourth-order valence-electron chi connectivity index (χ4n) is 1.64. The van der Waals surface area contributed by atoms with Crippen molar-refractivity contribution >= 4 is 0 Å². The van der Waals surface area contributed by atoms with Gasteiger partial charge in [-0.15, -0.1) is 0 Å². The lowest BCUT2D eigenvalue weighted by Crippen LogP contribution is -1.96. The van der Waals surface area contributed by atoms with Gasteiger partial charge < -0.3 is 4.74 Å². The lowest BCUT2D eigenvalue weighted by molar-refractivity contribution is 0.422. The van der Waals surface area contributed by atoms with Crippen molar-refractivity contribution in [3.05, 3.63) is 60.5 Å². The summed E-state index contributed by atoms with van der Waals surface area (Å²) in [5.74, 6) is 1.45. The molecule has 2 nitrogen and oxygen atoms in total. The van der Waals surface area contributed by atoms with Crippen molar-refractivity contribution in [1.29, 1.82) is 0 Å². The zero-order valence-electron chi connectivity index (χ0n) is 8.57. The van der Waals surface area contributed by atoms with E-state index in [0.29, 0.717) is 5.88 Å². The highest BCUT2D eigenvalue weighted by molar-refractivity contribution is 5.37. The average Bonchev–Trinajstić information content (AvgIpc) is 2.47. The van der Waals surface area contributed by atoms with Gasteiger partial charge in [0.05, 0.1) is 0 Å². The maximum atomic E-state index is 5.69. The first kappa shape index (κ1) is 9.71. The Balaban J connectivity index is 2.43. The van der Waals surface area contributed by atoms with Gasteiger partial charge in [-0.3, -0.25) is 0 Å². The van der Waals surface area contributed by atoms with E-state index < -0.39 is 0 Å². The molecule has 0 radical (unpaired) electrons. The van der Waals surface area contributed by atoms with E-state index in [1.54, 1.807) is 12.3 Å². The summed E-state index contributed by atoms with van der Waals surface area (Å²) < 4.78 is 5.69. The number of rotatable bonds is 2. The van der Waals surface area contributed by atoms with Crippen molar-refractivity contribution in [1.82, 2.24) is 4.98 Å². The van der Waals surface area contributed by atoms with Crippen molar-refractivity contribution in [2.24, 2.45) is 0 Å². The molecule has 0 aromatic carbocycles. The van der Waals surface area contributed by atoms with Crippen LogP contribution in [0.2, 0.25) is 0 Å². The minimum absolute atomic E-state index is 0.684. The largest absolute Gasteiger partial charge is 0.438 e. The number of aryl methyl sites for hydroxylation is 1. The summed E-state index contributed by atoms with van der Waals surface area (Å²) in [4.78, 5) is 4.21. The summed E-state index contributed by atoms with van der Waals surface area (Å²) in [5.41, 5.74) is 2.22. The molecule has 1 aliphatic heterocycles. The Morgan fingerprint density at radius 2 is 2.13 bits per heavy atom. The third-order valence-corrected chi connectivity index (χ3v) is 2.47.